The Hall–Kier alpha value is -3.24. The summed E-state index contributed by atoms with van der Waals surface area (Å²) in [6.07, 6.45) is 0.869. The van der Waals surface area contributed by atoms with Crippen LogP contribution in [0.15, 0.2) is 83.8 Å². The molecule has 0 unspecified atom stereocenters. The summed E-state index contributed by atoms with van der Waals surface area (Å²) in [7, 11) is -3.84. The number of carboxylic acid groups (broad SMARTS) is 1. The molecule has 1 aliphatic heterocycles. The summed E-state index contributed by atoms with van der Waals surface area (Å²) >= 11 is 0. The minimum Gasteiger partial charge on any atom is -0.478 e. The quantitative estimate of drug-likeness (QED) is 0.223. The van der Waals surface area contributed by atoms with Gasteiger partial charge in [0.05, 0.1) is 16.0 Å². The van der Waals surface area contributed by atoms with Gasteiger partial charge in [-0.2, -0.15) is 0 Å². The van der Waals surface area contributed by atoms with Crippen molar-refractivity contribution in [2.75, 3.05) is 40.7 Å². The fraction of sp³-hybridized carbons (Fsp3) is 0.267. The highest BCUT2D eigenvalue weighted by molar-refractivity contribution is 7.92. The second-order valence-corrected chi connectivity index (χ2v) is 11.9. The molecule has 5 rings (SSSR count). The van der Waals surface area contributed by atoms with Gasteiger partial charge in [-0.05, 0) is 66.4 Å². The molecule has 12 heteroatoms. The molecule has 0 radical (unpaired) electrons. The smallest absolute Gasteiger partial charge is 0.336 e. The SMILES string of the molecule is CC(C)Cc1ccc(S(=O)(=O)Nc2ccc3nc(N4CCN(c5ccccc5)CC4)cc(C(=O)O)c3c2)cc1.Cl.Cl.Cl. The number of fused-ring (bicyclic) bond motifs is 1. The Kier molecular flexibility index (Phi) is 12.3. The third kappa shape index (κ3) is 7.98. The van der Waals surface area contributed by atoms with Crippen molar-refractivity contribution in [1.82, 2.24) is 4.98 Å². The first-order valence-electron chi connectivity index (χ1n) is 13.0. The Labute approximate surface area is 265 Å². The van der Waals surface area contributed by atoms with Gasteiger partial charge < -0.3 is 14.9 Å². The number of carboxylic acids is 1. The molecule has 0 atom stereocenters. The first-order valence-corrected chi connectivity index (χ1v) is 14.5. The molecule has 1 fully saturated rings. The Balaban J connectivity index is 0.00000205. The van der Waals surface area contributed by atoms with Crippen molar-refractivity contribution in [1.29, 1.82) is 0 Å². The Morgan fingerprint density at radius 1 is 0.881 bits per heavy atom. The number of pyridine rings is 1. The molecule has 4 aromatic rings. The summed E-state index contributed by atoms with van der Waals surface area (Å²) in [6.45, 7) is 7.24. The highest BCUT2D eigenvalue weighted by Crippen LogP contribution is 2.28. The lowest BCUT2D eigenvalue weighted by atomic mass is 10.0. The van der Waals surface area contributed by atoms with E-state index in [4.69, 9.17) is 4.98 Å². The van der Waals surface area contributed by atoms with Crippen LogP contribution >= 0.6 is 37.2 Å². The number of benzene rings is 3. The standard InChI is InChI=1S/C30H32N4O4S.3ClH/c1-21(2)18-22-8-11-25(12-9-22)39(37,38)32-23-10-13-28-26(19-23)27(30(35)36)20-29(31-28)34-16-14-33(15-17-34)24-6-4-3-5-7-24;;;/h3-13,19-21,32H,14-18H2,1-2H3,(H,35,36);3*1H. The van der Waals surface area contributed by atoms with E-state index < -0.39 is 16.0 Å². The van der Waals surface area contributed by atoms with Crippen LogP contribution in [-0.4, -0.2) is 50.7 Å². The molecule has 3 aromatic carbocycles. The van der Waals surface area contributed by atoms with Crippen molar-refractivity contribution in [2.24, 2.45) is 5.92 Å². The summed E-state index contributed by atoms with van der Waals surface area (Å²) < 4.78 is 28.6. The molecule has 1 saturated heterocycles. The minimum absolute atomic E-state index is 0. The average Bonchev–Trinajstić information content (AvgIpc) is 2.93. The van der Waals surface area contributed by atoms with Crippen LogP contribution in [-0.2, 0) is 16.4 Å². The van der Waals surface area contributed by atoms with Crippen molar-refractivity contribution >= 4 is 81.3 Å². The van der Waals surface area contributed by atoms with Crippen LogP contribution in [0.1, 0.15) is 29.8 Å². The van der Waals surface area contributed by atoms with Gasteiger partial charge >= 0.3 is 5.97 Å². The lowest BCUT2D eigenvalue weighted by Gasteiger charge is -2.37. The molecule has 0 spiro atoms. The molecular formula is C30H35Cl3N4O4S. The number of para-hydroxylation sites is 1. The molecule has 2 heterocycles. The number of anilines is 3. The molecule has 0 amide bonds. The van der Waals surface area contributed by atoms with E-state index in [-0.39, 0.29) is 53.4 Å². The van der Waals surface area contributed by atoms with Crippen molar-refractivity contribution in [3.05, 3.63) is 90.0 Å². The van der Waals surface area contributed by atoms with Gasteiger partial charge in [-0.1, -0.05) is 44.2 Å². The molecule has 0 bridgehead atoms. The largest absolute Gasteiger partial charge is 0.478 e. The van der Waals surface area contributed by atoms with Gasteiger partial charge in [-0.3, -0.25) is 4.72 Å². The number of sulfonamides is 1. The molecule has 8 nitrogen and oxygen atoms in total. The number of nitrogens with one attached hydrogen (secondary N) is 1. The van der Waals surface area contributed by atoms with Crippen LogP contribution in [0.3, 0.4) is 0 Å². The average molecular weight is 654 g/mol. The lowest BCUT2D eigenvalue weighted by Crippen LogP contribution is -2.46. The van der Waals surface area contributed by atoms with Gasteiger partial charge in [0.25, 0.3) is 10.0 Å². The third-order valence-corrected chi connectivity index (χ3v) is 8.28. The van der Waals surface area contributed by atoms with E-state index in [0.29, 0.717) is 35.7 Å². The highest BCUT2D eigenvalue weighted by atomic mass is 35.5. The van der Waals surface area contributed by atoms with E-state index in [1.165, 1.54) is 6.07 Å². The normalized spacial score (nSPS) is 13.1. The molecule has 0 saturated carbocycles. The minimum atomic E-state index is -3.84. The molecule has 0 aliphatic carbocycles. The summed E-state index contributed by atoms with van der Waals surface area (Å²) in [6, 6.07) is 23.4. The van der Waals surface area contributed by atoms with Crippen molar-refractivity contribution < 1.29 is 18.3 Å². The second-order valence-electron chi connectivity index (χ2n) is 10.2. The van der Waals surface area contributed by atoms with Crippen molar-refractivity contribution in [3.63, 3.8) is 0 Å². The number of piperazine rings is 1. The van der Waals surface area contributed by atoms with Crippen LogP contribution in [0.4, 0.5) is 17.2 Å². The van der Waals surface area contributed by atoms with E-state index in [9.17, 15) is 18.3 Å². The number of halogens is 3. The maximum atomic E-state index is 13.0. The van der Waals surface area contributed by atoms with E-state index in [1.54, 1.807) is 30.3 Å². The van der Waals surface area contributed by atoms with E-state index >= 15 is 0 Å². The number of nitrogens with zero attached hydrogens (tertiary/aromatic N) is 3. The van der Waals surface area contributed by atoms with E-state index in [2.05, 4.69) is 40.5 Å². The number of hydrogen-bond acceptors (Lipinski definition) is 6. The lowest BCUT2D eigenvalue weighted by molar-refractivity contribution is 0.0699. The Morgan fingerprint density at radius 2 is 1.50 bits per heavy atom. The molecular weight excluding hydrogens is 619 g/mol. The van der Waals surface area contributed by atoms with E-state index in [0.717, 1.165) is 30.8 Å². The molecule has 226 valence electrons. The Morgan fingerprint density at radius 3 is 2.10 bits per heavy atom. The summed E-state index contributed by atoms with van der Waals surface area (Å²) in [5, 5.41) is 10.4. The fourth-order valence-corrected chi connectivity index (χ4v) is 5.99. The topological polar surface area (TPSA) is 103 Å². The fourth-order valence-electron chi connectivity index (χ4n) is 4.94. The predicted molar refractivity (Wildman–Crippen MR) is 177 cm³/mol. The third-order valence-electron chi connectivity index (χ3n) is 6.88. The van der Waals surface area contributed by atoms with Crippen molar-refractivity contribution in [2.45, 2.75) is 25.2 Å². The van der Waals surface area contributed by atoms with Crippen LogP contribution in [0.5, 0.6) is 0 Å². The monoisotopic (exact) mass is 652 g/mol. The zero-order valence-corrected chi connectivity index (χ0v) is 26.5. The molecule has 2 N–H and O–H groups in total. The predicted octanol–water partition coefficient (Wildman–Crippen LogP) is 6.52. The Bertz CT molecular complexity index is 1600. The van der Waals surface area contributed by atoms with Gasteiger partial charge in [0, 0.05) is 42.9 Å². The highest BCUT2D eigenvalue weighted by Gasteiger charge is 2.22. The van der Waals surface area contributed by atoms with Gasteiger partial charge in [-0.25, -0.2) is 18.2 Å². The number of aromatic carboxylic acids is 1. The number of rotatable bonds is 8. The number of hydrogen-bond donors (Lipinski definition) is 2. The van der Waals surface area contributed by atoms with Gasteiger partial charge in [-0.15, -0.1) is 37.2 Å². The summed E-state index contributed by atoms with van der Waals surface area (Å²) in [5.41, 5.74) is 3.10. The first-order chi connectivity index (χ1) is 18.7. The van der Waals surface area contributed by atoms with Crippen LogP contribution in [0.2, 0.25) is 0 Å². The second kappa shape index (κ2) is 14.8. The van der Waals surface area contributed by atoms with Crippen LogP contribution < -0.4 is 14.5 Å². The van der Waals surface area contributed by atoms with Gasteiger partial charge in [0.2, 0.25) is 0 Å². The first kappa shape index (κ1) is 35.0. The maximum Gasteiger partial charge on any atom is 0.336 e. The summed E-state index contributed by atoms with van der Waals surface area (Å²) in [4.78, 5) is 21.5. The van der Waals surface area contributed by atoms with Gasteiger partial charge in [0.15, 0.2) is 0 Å². The van der Waals surface area contributed by atoms with Crippen LogP contribution in [0.25, 0.3) is 10.9 Å². The van der Waals surface area contributed by atoms with Crippen LogP contribution in [0, 0.1) is 5.92 Å². The zero-order valence-electron chi connectivity index (χ0n) is 23.3. The summed E-state index contributed by atoms with van der Waals surface area (Å²) in [5.74, 6) is -0.0191. The zero-order chi connectivity index (χ0) is 27.6. The van der Waals surface area contributed by atoms with E-state index in [1.807, 2.05) is 30.3 Å². The van der Waals surface area contributed by atoms with Gasteiger partial charge in [0.1, 0.15) is 5.82 Å². The molecule has 42 heavy (non-hydrogen) atoms. The number of aromatic nitrogens is 1. The number of carbonyl (C=O) groups is 1. The molecule has 1 aromatic heterocycles. The maximum absolute atomic E-state index is 13.0. The van der Waals surface area contributed by atoms with Crippen molar-refractivity contribution in [3.8, 4) is 0 Å². The molecule has 1 aliphatic rings.